The first-order chi connectivity index (χ1) is 9.13. The number of aliphatic hydroxyl groups excluding tert-OH is 1. The van der Waals surface area contributed by atoms with Gasteiger partial charge >= 0.3 is 0 Å². The van der Waals surface area contributed by atoms with Crippen LogP contribution in [0.1, 0.15) is 36.0 Å². The van der Waals surface area contributed by atoms with Gasteiger partial charge in [0, 0.05) is 6.54 Å². The molecule has 0 aliphatic carbocycles. The van der Waals surface area contributed by atoms with Gasteiger partial charge in [0.2, 0.25) is 0 Å². The van der Waals surface area contributed by atoms with Crippen molar-refractivity contribution < 1.29 is 14.3 Å². The van der Waals surface area contributed by atoms with Crippen LogP contribution in [0.4, 0.5) is 4.39 Å². The van der Waals surface area contributed by atoms with E-state index in [1.54, 1.807) is 4.90 Å². The molecular formula is C13H16ClFN2O2. The smallest absolute Gasteiger partial charge is 0.257 e. The maximum atomic E-state index is 13.2. The minimum absolute atomic E-state index is 0.00710. The van der Waals surface area contributed by atoms with E-state index < -0.39 is 5.82 Å². The molecule has 0 radical (unpaired) electrons. The van der Waals surface area contributed by atoms with Gasteiger partial charge in [0.05, 0.1) is 24.4 Å². The number of carbonyl (C=O) groups is 1. The quantitative estimate of drug-likeness (QED) is 0.849. The number of aromatic nitrogens is 1. The normalized spacial score (nSPS) is 20.2. The van der Waals surface area contributed by atoms with E-state index in [2.05, 4.69) is 4.98 Å². The summed E-state index contributed by atoms with van der Waals surface area (Å²) in [5, 5.41) is 9.38. The molecule has 2 heterocycles. The number of halogens is 2. The van der Waals surface area contributed by atoms with Crippen molar-refractivity contribution in [3.63, 3.8) is 0 Å². The van der Waals surface area contributed by atoms with Crippen LogP contribution in [-0.2, 0) is 0 Å². The number of likely N-dealkylation sites (tertiary alicyclic amines) is 1. The first kappa shape index (κ1) is 14.2. The molecule has 1 unspecified atom stereocenters. The summed E-state index contributed by atoms with van der Waals surface area (Å²) in [4.78, 5) is 17.6. The Labute approximate surface area is 116 Å². The maximum absolute atomic E-state index is 13.2. The Balaban J connectivity index is 2.27. The van der Waals surface area contributed by atoms with Crippen LogP contribution < -0.4 is 0 Å². The van der Waals surface area contributed by atoms with E-state index in [9.17, 15) is 14.3 Å². The molecule has 1 aliphatic heterocycles. The second-order valence-electron chi connectivity index (χ2n) is 4.68. The molecule has 19 heavy (non-hydrogen) atoms. The number of carbonyl (C=O) groups excluding carboxylic acids is 1. The van der Waals surface area contributed by atoms with Crippen LogP contribution in [0.2, 0.25) is 5.15 Å². The van der Waals surface area contributed by atoms with Crippen LogP contribution in [0.5, 0.6) is 0 Å². The molecule has 0 spiro atoms. The first-order valence-electron chi connectivity index (χ1n) is 6.36. The average molecular weight is 287 g/mol. The Morgan fingerprint density at radius 1 is 1.53 bits per heavy atom. The highest BCUT2D eigenvalue weighted by Crippen LogP contribution is 2.22. The van der Waals surface area contributed by atoms with Crippen LogP contribution in [0.3, 0.4) is 0 Å². The summed E-state index contributed by atoms with van der Waals surface area (Å²) in [6, 6.07) is 0.867. The highest BCUT2D eigenvalue weighted by Gasteiger charge is 2.27. The number of pyridine rings is 1. The van der Waals surface area contributed by atoms with Gasteiger partial charge in [0.25, 0.3) is 5.91 Å². The fourth-order valence-electron chi connectivity index (χ4n) is 2.36. The number of hydrogen-bond donors (Lipinski definition) is 1. The maximum Gasteiger partial charge on any atom is 0.257 e. The van der Waals surface area contributed by atoms with Crippen LogP contribution in [0.25, 0.3) is 0 Å². The Kier molecular flexibility index (Phi) is 4.71. The SMILES string of the molecule is O=C(c1cc(F)cnc1Cl)N1CCCCCC1CO. The average Bonchev–Trinajstić information content (AvgIpc) is 2.65. The molecular weight excluding hydrogens is 271 g/mol. The fraction of sp³-hybridized carbons (Fsp3) is 0.538. The second-order valence-corrected chi connectivity index (χ2v) is 5.03. The molecule has 1 fully saturated rings. The fourth-order valence-corrected chi connectivity index (χ4v) is 2.55. The van der Waals surface area contributed by atoms with Gasteiger partial charge in [0.15, 0.2) is 0 Å². The third-order valence-electron chi connectivity index (χ3n) is 3.38. The van der Waals surface area contributed by atoms with Gasteiger partial charge in [-0.05, 0) is 18.9 Å². The van der Waals surface area contributed by atoms with Gasteiger partial charge in [-0.2, -0.15) is 0 Å². The van der Waals surface area contributed by atoms with Crippen molar-refractivity contribution in [1.82, 2.24) is 9.88 Å². The zero-order chi connectivity index (χ0) is 13.8. The number of nitrogens with zero attached hydrogens (tertiary/aromatic N) is 2. The topological polar surface area (TPSA) is 53.4 Å². The number of amides is 1. The van der Waals surface area contributed by atoms with Crippen molar-refractivity contribution in [2.24, 2.45) is 0 Å². The molecule has 1 aromatic heterocycles. The highest BCUT2D eigenvalue weighted by atomic mass is 35.5. The van der Waals surface area contributed by atoms with E-state index in [1.165, 1.54) is 0 Å². The lowest BCUT2D eigenvalue weighted by atomic mass is 10.1. The standard InChI is InChI=1S/C13H16ClFN2O2/c14-12-11(6-9(15)7-16-12)13(19)17-5-3-1-2-4-10(17)8-18/h6-7,10,18H,1-5,8H2. The first-order valence-corrected chi connectivity index (χ1v) is 6.74. The minimum Gasteiger partial charge on any atom is -0.394 e. The van der Waals surface area contributed by atoms with Gasteiger partial charge in [-0.15, -0.1) is 0 Å². The summed E-state index contributed by atoms with van der Waals surface area (Å²) >= 11 is 5.85. The summed E-state index contributed by atoms with van der Waals surface area (Å²) in [6.07, 6.45) is 4.61. The van der Waals surface area contributed by atoms with Crippen molar-refractivity contribution in [3.8, 4) is 0 Å². The summed E-state index contributed by atoms with van der Waals surface area (Å²) in [6.45, 7) is 0.461. The van der Waals surface area contributed by atoms with E-state index in [0.717, 1.165) is 37.9 Å². The van der Waals surface area contributed by atoms with Gasteiger partial charge in [-0.3, -0.25) is 4.79 Å². The lowest BCUT2D eigenvalue weighted by molar-refractivity contribution is 0.0599. The van der Waals surface area contributed by atoms with Crippen molar-refractivity contribution in [3.05, 3.63) is 28.8 Å². The van der Waals surface area contributed by atoms with Crippen molar-refractivity contribution in [1.29, 1.82) is 0 Å². The largest absolute Gasteiger partial charge is 0.394 e. The molecule has 104 valence electrons. The van der Waals surface area contributed by atoms with Crippen LogP contribution in [-0.4, -0.2) is 40.1 Å². The summed E-state index contributed by atoms with van der Waals surface area (Å²) in [7, 11) is 0. The third kappa shape index (κ3) is 3.22. The van der Waals surface area contributed by atoms with Crippen molar-refractivity contribution in [2.75, 3.05) is 13.2 Å². The molecule has 2 rings (SSSR count). The van der Waals surface area contributed by atoms with Crippen LogP contribution in [0.15, 0.2) is 12.3 Å². The van der Waals surface area contributed by atoms with Gasteiger partial charge in [-0.25, -0.2) is 9.37 Å². The number of hydrogen-bond acceptors (Lipinski definition) is 3. The van der Waals surface area contributed by atoms with E-state index in [1.807, 2.05) is 0 Å². The van der Waals surface area contributed by atoms with E-state index in [0.29, 0.717) is 6.54 Å². The van der Waals surface area contributed by atoms with Crippen LogP contribution >= 0.6 is 11.6 Å². The molecule has 1 saturated heterocycles. The zero-order valence-corrected chi connectivity index (χ0v) is 11.2. The predicted molar refractivity (Wildman–Crippen MR) is 69.6 cm³/mol. The Morgan fingerprint density at radius 2 is 2.32 bits per heavy atom. The predicted octanol–water partition coefficient (Wildman–Crippen LogP) is 2.25. The molecule has 6 heteroatoms. The molecule has 0 aromatic carbocycles. The lowest BCUT2D eigenvalue weighted by Crippen LogP contribution is -2.42. The minimum atomic E-state index is -0.594. The lowest BCUT2D eigenvalue weighted by Gasteiger charge is -2.28. The molecule has 4 nitrogen and oxygen atoms in total. The monoisotopic (exact) mass is 286 g/mol. The van der Waals surface area contributed by atoms with Gasteiger partial charge in [-0.1, -0.05) is 24.4 Å². The number of rotatable bonds is 2. The third-order valence-corrected chi connectivity index (χ3v) is 3.69. The zero-order valence-electron chi connectivity index (χ0n) is 10.5. The van der Waals surface area contributed by atoms with E-state index in [4.69, 9.17) is 11.6 Å². The Bertz CT molecular complexity index is 470. The molecule has 1 aliphatic rings. The number of aliphatic hydroxyl groups is 1. The molecule has 1 N–H and O–H groups in total. The molecule has 1 amide bonds. The summed E-state index contributed by atoms with van der Waals surface area (Å²) < 4.78 is 13.2. The molecule has 1 atom stereocenters. The van der Waals surface area contributed by atoms with E-state index in [-0.39, 0.29) is 29.3 Å². The van der Waals surface area contributed by atoms with Gasteiger partial charge in [0.1, 0.15) is 11.0 Å². The van der Waals surface area contributed by atoms with Crippen molar-refractivity contribution >= 4 is 17.5 Å². The van der Waals surface area contributed by atoms with Gasteiger partial charge < -0.3 is 10.0 Å². The Hall–Kier alpha value is -1.20. The second kappa shape index (κ2) is 6.30. The molecule has 0 bridgehead atoms. The Morgan fingerprint density at radius 3 is 3.05 bits per heavy atom. The highest BCUT2D eigenvalue weighted by molar-refractivity contribution is 6.32. The summed E-state index contributed by atoms with van der Waals surface area (Å²) in [5.41, 5.74) is 0.0574. The molecule has 0 saturated carbocycles. The van der Waals surface area contributed by atoms with Crippen molar-refractivity contribution in [2.45, 2.75) is 31.7 Å². The summed E-state index contributed by atoms with van der Waals surface area (Å²) in [5.74, 6) is -0.957. The van der Waals surface area contributed by atoms with Crippen LogP contribution in [0, 0.1) is 5.82 Å². The molecule has 1 aromatic rings. The van der Waals surface area contributed by atoms with E-state index >= 15 is 0 Å².